The summed E-state index contributed by atoms with van der Waals surface area (Å²) in [6, 6.07) is 20.4. The minimum atomic E-state index is -0.329. The van der Waals surface area contributed by atoms with E-state index < -0.39 is 0 Å². The molecule has 3 aromatic rings. The number of hydrogen-bond acceptors (Lipinski definition) is 4. The fraction of sp³-hybridized carbons (Fsp3) is 0.150. The SMILES string of the molecule is Clc1ccccc1[C@@H]1Oc2ccccc2[C@H]2CC(c3ccc(Br)s3)=NN21. The second kappa shape index (κ2) is 6.41. The van der Waals surface area contributed by atoms with Crippen LogP contribution in [0.15, 0.2) is 69.6 Å². The molecule has 0 aliphatic carbocycles. The monoisotopic (exact) mass is 444 g/mol. The van der Waals surface area contributed by atoms with E-state index in [0.717, 1.165) is 27.2 Å². The van der Waals surface area contributed by atoms with E-state index in [4.69, 9.17) is 21.4 Å². The smallest absolute Gasteiger partial charge is 0.215 e. The van der Waals surface area contributed by atoms with Gasteiger partial charge in [0.2, 0.25) is 6.23 Å². The molecule has 2 aliphatic rings. The van der Waals surface area contributed by atoms with Crippen molar-refractivity contribution >= 4 is 44.6 Å². The fourth-order valence-electron chi connectivity index (χ4n) is 3.53. The quantitative estimate of drug-likeness (QED) is 0.455. The van der Waals surface area contributed by atoms with Crippen LogP contribution in [0.5, 0.6) is 5.75 Å². The van der Waals surface area contributed by atoms with Crippen molar-refractivity contribution in [3.8, 4) is 5.75 Å². The maximum atomic E-state index is 6.47. The number of rotatable bonds is 2. The highest BCUT2D eigenvalue weighted by Gasteiger charge is 2.41. The molecule has 0 spiro atoms. The third kappa shape index (κ3) is 2.66. The average molecular weight is 446 g/mol. The van der Waals surface area contributed by atoms with Gasteiger partial charge < -0.3 is 4.74 Å². The van der Waals surface area contributed by atoms with Gasteiger partial charge in [0.25, 0.3) is 0 Å². The van der Waals surface area contributed by atoms with Crippen molar-refractivity contribution in [3.05, 3.63) is 85.5 Å². The molecular weight excluding hydrogens is 432 g/mol. The lowest BCUT2D eigenvalue weighted by Gasteiger charge is -2.38. The van der Waals surface area contributed by atoms with Crippen molar-refractivity contribution < 1.29 is 4.74 Å². The molecule has 0 fully saturated rings. The van der Waals surface area contributed by atoms with Crippen LogP contribution in [0.3, 0.4) is 0 Å². The molecule has 0 amide bonds. The Morgan fingerprint density at radius 1 is 1.04 bits per heavy atom. The summed E-state index contributed by atoms with van der Waals surface area (Å²) in [4.78, 5) is 1.18. The maximum Gasteiger partial charge on any atom is 0.215 e. The molecule has 2 aliphatic heterocycles. The van der Waals surface area contributed by atoms with Crippen molar-refractivity contribution in [1.82, 2.24) is 5.01 Å². The predicted molar refractivity (Wildman–Crippen MR) is 109 cm³/mol. The molecule has 2 atom stereocenters. The van der Waals surface area contributed by atoms with Gasteiger partial charge in [-0.15, -0.1) is 11.3 Å². The molecule has 1 aromatic heterocycles. The van der Waals surface area contributed by atoms with Gasteiger partial charge in [-0.05, 0) is 40.2 Å². The summed E-state index contributed by atoms with van der Waals surface area (Å²) < 4.78 is 7.44. The van der Waals surface area contributed by atoms with Gasteiger partial charge in [0.05, 0.1) is 20.4 Å². The number of ether oxygens (including phenoxy) is 1. The van der Waals surface area contributed by atoms with E-state index in [1.807, 2.05) is 36.4 Å². The largest absolute Gasteiger partial charge is 0.464 e. The molecule has 0 radical (unpaired) electrons. The molecule has 6 heteroatoms. The minimum Gasteiger partial charge on any atom is -0.464 e. The second-order valence-corrected chi connectivity index (χ2v) is 9.15. The number of hydrazone groups is 1. The van der Waals surface area contributed by atoms with Crippen molar-refractivity contribution in [2.75, 3.05) is 0 Å². The van der Waals surface area contributed by atoms with Crippen molar-refractivity contribution in [2.45, 2.75) is 18.7 Å². The average Bonchev–Trinajstić information content (AvgIpc) is 3.28. The first-order valence-corrected chi connectivity index (χ1v) is 10.3. The standard InChI is InChI=1S/C20H14BrClN2OS/c21-19-10-9-18(26-19)15-11-16-13-6-2-4-8-17(13)25-20(24(16)23-15)12-5-1-3-7-14(12)22/h1-10,16,20H,11H2/t16-,20+/m1/s1. The molecule has 3 nitrogen and oxygen atoms in total. The molecule has 3 heterocycles. The first-order valence-electron chi connectivity index (χ1n) is 8.32. The highest BCUT2D eigenvalue weighted by molar-refractivity contribution is 9.11. The van der Waals surface area contributed by atoms with E-state index in [9.17, 15) is 0 Å². The van der Waals surface area contributed by atoms with Crippen molar-refractivity contribution in [1.29, 1.82) is 0 Å². The van der Waals surface area contributed by atoms with Gasteiger partial charge in [0, 0.05) is 22.6 Å². The van der Waals surface area contributed by atoms with Crippen LogP contribution in [-0.4, -0.2) is 10.7 Å². The Balaban J connectivity index is 1.62. The van der Waals surface area contributed by atoms with Crippen molar-refractivity contribution in [3.63, 3.8) is 0 Å². The summed E-state index contributed by atoms with van der Waals surface area (Å²) in [7, 11) is 0. The van der Waals surface area contributed by atoms with Gasteiger partial charge >= 0.3 is 0 Å². The molecule has 0 saturated carbocycles. The Morgan fingerprint density at radius 2 is 1.81 bits per heavy atom. The van der Waals surface area contributed by atoms with Gasteiger partial charge in [0.15, 0.2) is 0 Å². The van der Waals surface area contributed by atoms with Crippen LogP contribution >= 0.6 is 38.9 Å². The van der Waals surface area contributed by atoms with Crippen LogP contribution < -0.4 is 4.74 Å². The molecule has 130 valence electrons. The summed E-state index contributed by atoms with van der Waals surface area (Å²) in [6.45, 7) is 0. The fourth-order valence-corrected chi connectivity index (χ4v) is 5.14. The van der Waals surface area contributed by atoms with E-state index in [2.05, 4.69) is 45.2 Å². The van der Waals surface area contributed by atoms with Crippen molar-refractivity contribution in [2.24, 2.45) is 5.10 Å². The van der Waals surface area contributed by atoms with Crippen LogP contribution in [0, 0.1) is 0 Å². The number of benzene rings is 2. The number of thiophene rings is 1. The lowest BCUT2D eigenvalue weighted by atomic mass is 9.98. The summed E-state index contributed by atoms with van der Waals surface area (Å²) >= 11 is 11.7. The number of halogens is 2. The number of nitrogens with zero attached hydrogens (tertiary/aromatic N) is 2. The maximum absolute atomic E-state index is 6.47. The Morgan fingerprint density at radius 3 is 2.58 bits per heavy atom. The zero-order valence-corrected chi connectivity index (χ0v) is 16.8. The number of hydrogen-bond donors (Lipinski definition) is 0. The Bertz CT molecular complexity index is 1020. The van der Waals surface area contributed by atoms with E-state index in [1.165, 1.54) is 10.4 Å². The minimum absolute atomic E-state index is 0.150. The van der Waals surface area contributed by atoms with E-state index >= 15 is 0 Å². The zero-order chi connectivity index (χ0) is 17.7. The first kappa shape index (κ1) is 16.4. The number of fused-ring (bicyclic) bond motifs is 3. The van der Waals surface area contributed by atoms with E-state index in [-0.39, 0.29) is 12.3 Å². The number of para-hydroxylation sites is 1. The summed E-state index contributed by atoms with van der Waals surface area (Å²) in [5, 5.41) is 7.70. The molecule has 26 heavy (non-hydrogen) atoms. The van der Waals surface area contributed by atoms with Gasteiger partial charge in [-0.2, -0.15) is 5.10 Å². The van der Waals surface area contributed by atoms with Gasteiger partial charge in [0.1, 0.15) is 5.75 Å². The molecule has 0 bridgehead atoms. The van der Waals surface area contributed by atoms with Crippen LogP contribution in [0.1, 0.15) is 34.7 Å². The molecule has 0 N–H and O–H groups in total. The first-order chi connectivity index (χ1) is 12.7. The van der Waals surface area contributed by atoms with Gasteiger partial charge in [-0.3, -0.25) is 0 Å². The third-order valence-corrected chi connectivity index (χ3v) is 6.74. The normalized spacial score (nSPS) is 21.0. The second-order valence-electron chi connectivity index (χ2n) is 6.28. The Hall–Kier alpha value is -1.82. The van der Waals surface area contributed by atoms with Gasteiger partial charge in [-0.25, -0.2) is 5.01 Å². The summed E-state index contributed by atoms with van der Waals surface area (Å²) in [6.07, 6.45) is 0.526. The summed E-state index contributed by atoms with van der Waals surface area (Å²) in [5.41, 5.74) is 3.19. The highest BCUT2D eigenvalue weighted by Crippen LogP contribution is 2.48. The molecule has 0 saturated heterocycles. The molecule has 2 aromatic carbocycles. The third-order valence-electron chi connectivity index (χ3n) is 4.73. The van der Waals surface area contributed by atoms with Gasteiger partial charge in [-0.1, -0.05) is 48.0 Å². The molecule has 0 unspecified atom stereocenters. The van der Waals surface area contributed by atoms with E-state index in [0.29, 0.717) is 5.02 Å². The molecular formula is C20H14BrClN2OS. The van der Waals surface area contributed by atoms with Crippen LogP contribution in [0.25, 0.3) is 0 Å². The Kier molecular flexibility index (Phi) is 4.03. The molecule has 5 rings (SSSR count). The highest BCUT2D eigenvalue weighted by atomic mass is 79.9. The lowest BCUT2D eigenvalue weighted by molar-refractivity contribution is -0.0189. The van der Waals surface area contributed by atoms with E-state index in [1.54, 1.807) is 11.3 Å². The van der Waals surface area contributed by atoms with Crippen LogP contribution in [0.2, 0.25) is 5.02 Å². The predicted octanol–water partition coefficient (Wildman–Crippen LogP) is 6.41. The van der Waals surface area contributed by atoms with Crippen LogP contribution in [-0.2, 0) is 0 Å². The summed E-state index contributed by atoms with van der Waals surface area (Å²) in [5.74, 6) is 0.905. The zero-order valence-electron chi connectivity index (χ0n) is 13.6. The van der Waals surface area contributed by atoms with Crippen LogP contribution in [0.4, 0.5) is 0 Å². The lowest BCUT2D eigenvalue weighted by Crippen LogP contribution is -2.33. The topological polar surface area (TPSA) is 24.8 Å². The Labute approximate surface area is 169 Å².